The number of nitrogens with two attached hydrogens (primary N) is 1. The van der Waals surface area contributed by atoms with Gasteiger partial charge in [0.1, 0.15) is 0 Å². The van der Waals surface area contributed by atoms with Gasteiger partial charge in [0.05, 0.1) is 15.6 Å². The molecule has 0 atom stereocenters. The molecule has 106 valence electrons. The van der Waals surface area contributed by atoms with Crippen molar-refractivity contribution in [3.8, 4) is 22.8 Å². The van der Waals surface area contributed by atoms with Gasteiger partial charge in [-0.1, -0.05) is 46.6 Å². The Labute approximate surface area is 131 Å². The molecule has 0 saturated heterocycles. The molecule has 2 N–H and O–H groups in total. The zero-order chi connectivity index (χ0) is 15.0. The van der Waals surface area contributed by atoms with Gasteiger partial charge >= 0.3 is 0 Å². The van der Waals surface area contributed by atoms with Crippen molar-refractivity contribution in [2.75, 3.05) is 5.73 Å². The molecule has 1 aromatic heterocycles. The first-order valence-corrected chi connectivity index (χ1v) is 6.97. The summed E-state index contributed by atoms with van der Waals surface area (Å²) < 4.78 is 5.29. The zero-order valence-corrected chi connectivity index (χ0v) is 12.6. The highest BCUT2D eigenvalue weighted by Crippen LogP contribution is 2.34. The summed E-state index contributed by atoms with van der Waals surface area (Å²) in [6.45, 7) is 1.91. The van der Waals surface area contributed by atoms with E-state index in [0.717, 1.165) is 11.1 Å². The van der Waals surface area contributed by atoms with E-state index in [1.807, 2.05) is 25.1 Å². The molecule has 2 aromatic carbocycles. The SMILES string of the molecule is Cc1c(N)cccc1-c1noc(-c2cccc(Cl)c2Cl)n1. The minimum Gasteiger partial charge on any atom is -0.398 e. The summed E-state index contributed by atoms with van der Waals surface area (Å²) in [5.41, 5.74) is 8.90. The third-order valence-electron chi connectivity index (χ3n) is 3.22. The van der Waals surface area contributed by atoms with Gasteiger partial charge in [0.15, 0.2) is 0 Å². The number of nitrogen functional groups attached to an aromatic ring is 1. The maximum absolute atomic E-state index is 6.16. The van der Waals surface area contributed by atoms with E-state index in [1.165, 1.54) is 0 Å². The van der Waals surface area contributed by atoms with Crippen LogP contribution in [0.1, 0.15) is 5.56 Å². The summed E-state index contributed by atoms with van der Waals surface area (Å²) in [7, 11) is 0. The van der Waals surface area contributed by atoms with Crippen molar-refractivity contribution in [3.05, 3.63) is 52.0 Å². The lowest BCUT2D eigenvalue weighted by Crippen LogP contribution is -1.93. The van der Waals surface area contributed by atoms with Crippen molar-refractivity contribution < 1.29 is 4.52 Å². The molecule has 0 fully saturated rings. The highest BCUT2D eigenvalue weighted by molar-refractivity contribution is 6.43. The lowest BCUT2D eigenvalue weighted by molar-refractivity contribution is 0.432. The first-order valence-electron chi connectivity index (χ1n) is 6.21. The quantitative estimate of drug-likeness (QED) is 0.701. The van der Waals surface area contributed by atoms with Crippen LogP contribution in [-0.2, 0) is 0 Å². The normalized spacial score (nSPS) is 10.8. The van der Waals surface area contributed by atoms with Crippen LogP contribution in [0.15, 0.2) is 40.9 Å². The van der Waals surface area contributed by atoms with Crippen molar-refractivity contribution in [1.29, 1.82) is 0 Å². The molecular formula is C15H11Cl2N3O. The van der Waals surface area contributed by atoms with E-state index in [-0.39, 0.29) is 0 Å². The molecular weight excluding hydrogens is 309 g/mol. The smallest absolute Gasteiger partial charge is 0.259 e. The van der Waals surface area contributed by atoms with Crippen LogP contribution in [0.25, 0.3) is 22.8 Å². The summed E-state index contributed by atoms with van der Waals surface area (Å²) in [6.07, 6.45) is 0. The van der Waals surface area contributed by atoms with Gasteiger partial charge in [-0.25, -0.2) is 0 Å². The Hall–Kier alpha value is -2.04. The van der Waals surface area contributed by atoms with Gasteiger partial charge < -0.3 is 10.3 Å². The Morgan fingerprint density at radius 3 is 2.57 bits per heavy atom. The molecule has 3 rings (SSSR count). The molecule has 0 aliphatic rings. The highest BCUT2D eigenvalue weighted by atomic mass is 35.5. The van der Waals surface area contributed by atoms with Crippen molar-refractivity contribution in [2.45, 2.75) is 6.92 Å². The fraction of sp³-hybridized carbons (Fsp3) is 0.0667. The van der Waals surface area contributed by atoms with Crippen LogP contribution in [0.5, 0.6) is 0 Å². The number of halogens is 2. The lowest BCUT2D eigenvalue weighted by atomic mass is 10.1. The maximum atomic E-state index is 6.16. The van der Waals surface area contributed by atoms with E-state index < -0.39 is 0 Å². The van der Waals surface area contributed by atoms with Crippen LogP contribution < -0.4 is 5.73 Å². The van der Waals surface area contributed by atoms with Gasteiger partial charge in [-0.15, -0.1) is 0 Å². The Balaban J connectivity index is 2.08. The Bertz CT molecular complexity index is 748. The number of hydrogen-bond donors (Lipinski definition) is 1. The van der Waals surface area contributed by atoms with Gasteiger partial charge in [0.2, 0.25) is 5.82 Å². The summed E-state index contributed by atoms with van der Waals surface area (Å²) in [5, 5.41) is 4.82. The summed E-state index contributed by atoms with van der Waals surface area (Å²) in [5.74, 6) is 0.783. The molecule has 0 spiro atoms. The third-order valence-corrected chi connectivity index (χ3v) is 4.04. The minimum absolute atomic E-state index is 0.319. The molecule has 0 aliphatic carbocycles. The molecule has 0 radical (unpaired) electrons. The molecule has 3 aromatic rings. The standard InChI is InChI=1S/C15H11Cl2N3O/c1-8-9(4-3-7-12(8)18)14-19-15(21-20-14)10-5-2-6-11(16)13(10)17/h2-7H,18H2,1H3. The maximum Gasteiger partial charge on any atom is 0.259 e. The second-order valence-electron chi connectivity index (χ2n) is 4.54. The van der Waals surface area contributed by atoms with Crippen molar-refractivity contribution in [1.82, 2.24) is 10.1 Å². The third kappa shape index (κ3) is 2.48. The first-order chi connectivity index (χ1) is 10.1. The van der Waals surface area contributed by atoms with Crippen molar-refractivity contribution >= 4 is 28.9 Å². The molecule has 21 heavy (non-hydrogen) atoms. The van der Waals surface area contributed by atoms with Crippen LogP contribution in [0.4, 0.5) is 5.69 Å². The molecule has 4 nitrogen and oxygen atoms in total. The largest absolute Gasteiger partial charge is 0.398 e. The van der Waals surface area contributed by atoms with Gasteiger partial charge in [-0.05, 0) is 30.7 Å². The molecule has 0 aliphatic heterocycles. The lowest BCUT2D eigenvalue weighted by Gasteiger charge is -2.03. The van der Waals surface area contributed by atoms with E-state index in [1.54, 1.807) is 18.2 Å². The van der Waals surface area contributed by atoms with Crippen LogP contribution in [0.3, 0.4) is 0 Å². The van der Waals surface area contributed by atoms with Gasteiger partial charge in [0.25, 0.3) is 5.89 Å². The molecule has 6 heteroatoms. The number of benzene rings is 2. The van der Waals surface area contributed by atoms with Crippen molar-refractivity contribution in [3.63, 3.8) is 0 Å². The zero-order valence-electron chi connectivity index (χ0n) is 11.1. The number of nitrogens with zero attached hydrogens (tertiary/aromatic N) is 2. The molecule has 1 heterocycles. The molecule has 0 saturated carbocycles. The average molecular weight is 320 g/mol. The van der Waals surface area contributed by atoms with E-state index >= 15 is 0 Å². The van der Waals surface area contributed by atoms with Gasteiger partial charge in [0, 0.05) is 11.3 Å². The van der Waals surface area contributed by atoms with E-state index in [4.69, 9.17) is 33.5 Å². The van der Waals surface area contributed by atoms with Gasteiger partial charge in [-0.2, -0.15) is 4.98 Å². The highest BCUT2D eigenvalue weighted by Gasteiger charge is 2.16. The first kappa shape index (κ1) is 13.9. The summed E-state index contributed by atoms with van der Waals surface area (Å²) in [4.78, 5) is 4.38. The molecule has 0 amide bonds. The van der Waals surface area contributed by atoms with E-state index in [2.05, 4.69) is 10.1 Å². The fourth-order valence-electron chi connectivity index (χ4n) is 2.01. The monoisotopic (exact) mass is 319 g/mol. The number of anilines is 1. The topological polar surface area (TPSA) is 64.9 Å². The van der Waals surface area contributed by atoms with E-state index in [0.29, 0.717) is 33.0 Å². The minimum atomic E-state index is 0.319. The Morgan fingerprint density at radius 2 is 1.76 bits per heavy atom. The van der Waals surface area contributed by atoms with Crippen LogP contribution >= 0.6 is 23.2 Å². The second-order valence-corrected chi connectivity index (χ2v) is 5.33. The second kappa shape index (κ2) is 5.39. The van der Waals surface area contributed by atoms with Crippen LogP contribution in [-0.4, -0.2) is 10.1 Å². The molecule has 0 bridgehead atoms. The number of rotatable bonds is 2. The van der Waals surface area contributed by atoms with Crippen molar-refractivity contribution in [2.24, 2.45) is 0 Å². The van der Waals surface area contributed by atoms with E-state index in [9.17, 15) is 0 Å². The van der Waals surface area contributed by atoms with Crippen LogP contribution in [0.2, 0.25) is 10.0 Å². The predicted molar refractivity (Wildman–Crippen MR) is 84.3 cm³/mol. The summed E-state index contributed by atoms with van der Waals surface area (Å²) in [6, 6.07) is 10.8. The number of hydrogen-bond acceptors (Lipinski definition) is 4. The van der Waals surface area contributed by atoms with Crippen LogP contribution in [0, 0.1) is 6.92 Å². The fourth-order valence-corrected chi connectivity index (χ4v) is 2.39. The van der Waals surface area contributed by atoms with Gasteiger partial charge in [-0.3, -0.25) is 0 Å². The number of aromatic nitrogens is 2. The average Bonchev–Trinajstić information content (AvgIpc) is 2.94. The Kier molecular flexibility index (Phi) is 3.57. The Morgan fingerprint density at radius 1 is 1.05 bits per heavy atom. The summed E-state index contributed by atoms with van der Waals surface area (Å²) >= 11 is 12.2. The predicted octanol–water partition coefficient (Wildman–Crippen LogP) is 4.60. The molecule has 0 unspecified atom stereocenters.